The molecule has 1 atom stereocenters. The fraction of sp³-hybridized carbons (Fsp3) is 0.438. The van der Waals surface area contributed by atoms with Crippen molar-refractivity contribution in [3.63, 3.8) is 0 Å². The van der Waals surface area contributed by atoms with Crippen LogP contribution in [0.25, 0.3) is 0 Å². The second-order valence-electron chi connectivity index (χ2n) is 5.51. The van der Waals surface area contributed by atoms with E-state index in [1.54, 1.807) is 6.20 Å². The van der Waals surface area contributed by atoms with E-state index in [9.17, 15) is 8.94 Å². The Bertz CT molecular complexity index is 568. The third kappa shape index (κ3) is 4.07. The first-order chi connectivity index (χ1) is 10.7. The molecule has 1 unspecified atom stereocenters. The van der Waals surface area contributed by atoms with E-state index in [0.717, 1.165) is 48.8 Å². The van der Waals surface area contributed by atoms with Crippen LogP contribution in [0.15, 0.2) is 40.2 Å². The van der Waals surface area contributed by atoms with Gasteiger partial charge in [-0.2, -0.15) is 0 Å². The highest BCUT2D eigenvalue weighted by atomic mass is 32.2. The van der Waals surface area contributed by atoms with Gasteiger partial charge in [-0.05, 0) is 24.1 Å². The number of rotatable bonds is 5. The summed E-state index contributed by atoms with van der Waals surface area (Å²) in [6.45, 7) is 2.92. The van der Waals surface area contributed by atoms with Crippen LogP contribution in [0.1, 0.15) is 18.4 Å². The van der Waals surface area contributed by atoms with Gasteiger partial charge in [0.25, 0.3) is 0 Å². The van der Waals surface area contributed by atoms with Crippen LogP contribution >= 0.6 is 11.3 Å². The topological polar surface area (TPSA) is 39.2 Å². The minimum Gasteiger partial charge on any atom is -0.609 e. The Morgan fingerprint density at radius 3 is 2.64 bits per heavy atom. The summed E-state index contributed by atoms with van der Waals surface area (Å²) < 4.78 is 26.0. The van der Waals surface area contributed by atoms with E-state index in [2.05, 4.69) is 9.88 Å². The molecule has 3 nitrogen and oxygen atoms in total. The summed E-state index contributed by atoms with van der Waals surface area (Å²) in [6.07, 6.45) is 4.56. The minimum absolute atomic E-state index is 0.186. The molecule has 0 spiro atoms. The van der Waals surface area contributed by atoms with Gasteiger partial charge in [0.15, 0.2) is 0 Å². The van der Waals surface area contributed by atoms with Gasteiger partial charge < -0.3 is 9.45 Å². The van der Waals surface area contributed by atoms with Crippen molar-refractivity contribution in [1.82, 2.24) is 9.88 Å². The number of hydrogen-bond donors (Lipinski definition) is 0. The predicted molar refractivity (Wildman–Crippen MR) is 88.1 cm³/mol. The average Bonchev–Trinajstić information content (AvgIpc) is 3.09. The zero-order valence-electron chi connectivity index (χ0n) is 12.3. The molecule has 2 heterocycles. The van der Waals surface area contributed by atoms with Gasteiger partial charge in [-0.25, -0.2) is 9.37 Å². The van der Waals surface area contributed by atoms with Crippen molar-refractivity contribution in [2.75, 3.05) is 19.6 Å². The fourth-order valence-corrected chi connectivity index (χ4v) is 5.14. The normalized spacial score (nSPS) is 18.5. The van der Waals surface area contributed by atoms with Crippen molar-refractivity contribution in [3.8, 4) is 0 Å². The van der Waals surface area contributed by atoms with Gasteiger partial charge in [0.05, 0.1) is 0 Å². The molecule has 0 bridgehead atoms. The second-order valence-corrected chi connectivity index (χ2v) is 8.31. The Kier molecular flexibility index (Phi) is 5.46. The quantitative estimate of drug-likeness (QED) is 0.787. The monoisotopic (exact) mass is 338 g/mol. The van der Waals surface area contributed by atoms with Crippen LogP contribution in [-0.2, 0) is 17.6 Å². The third-order valence-corrected chi connectivity index (χ3v) is 6.92. The predicted octanol–water partition coefficient (Wildman–Crippen LogP) is 3.10. The highest BCUT2D eigenvalue weighted by molar-refractivity contribution is 7.93. The molecule has 0 N–H and O–H groups in total. The summed E-state index contributed by atoms with van der Waals surface area (Å²) in [5.41, 5.74) is 1.16. The Hall–Kier alpha value is -0.950. The van der Waals surface area contributed by atoms with Crippen LogP contribution in [0.2, 0.25) is 0 Å². The zero-order valence-corrected chi connectivity index (χ0v) is 13.9. The Morgan fingerprint density at radius 2 is 2.00 bits per heavy atom. The highest BCUT2D eigenvalue weighted by Crippen LogP contribution is 2.25. The van der Waals surface area contributed by atoms with Crippen molar-refractivity contribution in [3.05, 3.63) is 47.2 Å². The number of likely N-dealkylation sites (tertiary alicyclic amines) is 1. The SMILES string of the molecule is [O-][S+](c1nccs1)C1CCN(CCc2ccc(F)cc2)CC1. The Morgan fingerprint density at radius 1 is 1.27 bits per heavy atom. The van der Waals surface area contributed by atoms with Crippen LogP contribution in [0.5, 0.6) is 0 Å². The van der Waals surface area contributed by atoms with Crippen LogP contribution < -0.4 is 0 Å². The van der Waals surface area contributed by atoms with Gasteiger partial charge in [-0.15, -0.1) is 0 Å². The molecule has 1 aliphatic rings. The van der Waals surface area contributed by atoms with Gasteiger partial charge in [0, 0.05) is 55.2 Å². The number of thiazole rings is 1. The van der Waals surface area contributed by atoms with Gasteiger partial charge in [0.2, 0.25) is 0 Å². The maximum atomic E-state index is 12.9. The molecule has 1 aliphatic heterocycles. The van der Waals surface area contributed by atoms with Crippen molar-refractivity contribution in [2.24, 2.45) is 0 Å². The summed E-state index contributed by atoms with van der Waals surface area (Å²) >= 11 is 0.521. The van der Waals surface area contributed by atoms with E-state index in [1.165, 1.54) is 23.5 Å². The molecule has 1 aromatic heterocycles. The highest BCUT2D eigenvalue weighted by Gasteiger charge is 2.31. The molecule has 2 aromatic rings. The van der Waals surface area contributed by atoms with Crippen molar-refractivity contribution >= 4 is 22.5 Å². The van der Waals surface area contributed by atoms with Crippen LogP contribution in [0.3, 0.4) is 0 Å². The van der Waals surface area contributed by atoms with E-state index in [4.69, 9.17) is 0 Å². The summed E-state index contributed by atoms with van der Waals surface area (Å²) in [5, 5.41) is 2.11. The number of benzene rings is 1. The molecular weight excluding hydrogens is 319 g/mol. The van der Waals surface area contributed by atoms with Crippen molar-refractivity contribution in [1.29, 1.82) is 0 Å². The van der Waals surface area contributed by atoms with E-state index < -0.39 is 11.2 Å². The number of hydrogen-bond acceptors (Lipinski definition) is 4. The number of nitrogens with zero attached hydrogens (tertiary/aromatic N) is 2. The first-order valence-electron chi connectivity index (χ1n) is 7.49. The number of piperidine rings is 1. The molecule has 1 fully saturated rings. The fourth-order valence-electron chi connectivity index (χ4n) is 2.74. The maximum absolute atomic E-state index is 12.9. The van der Waals surface area contributed by atoms with E-state index in [1.807, 2.05) is 17.5 Å². The van der Waals surface area contributed by atoms with Crippen LogP contribution in [0, 0.1) is 5.82 Å². The third-order valence-electron chi connectivity index (χ3n) is 4.05. The van der Waals surface area contributed by atoms with E-state index in [0.29, 0.717) is 0 Å². The smallest absolute Gasteiger partial charge is 0.301 e. The first-order valence-corrected chi connectivity index (χ1v) is 9.58. The standard InChI is InChI=1S/C16H19FN2OS2/c17-14-3-1-13(2-4-14)5-9-19-10-6-15(7-11-19)22(20)16-18-8-12-21-16/h1-4,8,12,15H,5-7,9-11H2. The van der Waals surface area contributed by atoms with Gasteiger partial charge in [0.1, 0.15) is 11.1 Å². The van der Waals surface area contributed by atoms with Gasteiger partial charge >= 0.3 is 4.34 Å². The molecular formula is C16H19FN2OS2. The van der Waals surface area contributed by atoms with Crippen LogP contribution in [0.4, 0.5) is 4.39 Å². The van der Waals surface area contributed by atoms with Crippen LogP contribution in [-0.4, -0.2) is 39.3 Å². The molecule has 118 valence electrons. The second kappa shape index (κ2) is 7.55. The molecule has 0 amide bonds. The Labute approximate surface area is 137 Å². The van der Waals surface area contributed by atoms with E-state index >= 15 is 0 Å². The molecule has 6 heteroatoms. The lowest BCUT2D eigenvalue weighted by atomic mass is 10.1. The van der Waals surface area contributed by atoms with Gasteiger partial charge in [-0.1, -0.05) is 23.5 Å². The summed E-state index contributed by atoms with van der Waals surface area (Å²) in [6, 6.07) is 6.72. The number of halogens is 1. The van der Waals surface area contributed by atoms with Gasteiger partial charge in [-0.3, -0.25) is 0 Å². The molecule has 1 aromatic carbocycles. The largest absolute Gasteiger partial charge is 0.609 e. The molecule has 0 saturated carbocycles. The first kappa shape index (κ1) is 15.9. The zero-order chi connectivity index (χ0) is 15.4. The lowest BCUT2D eigenvalue weighted by Crippen LogP contribution is -2.40. The molecule has 0 aliphatic carbocycles. The summed E-state index contributed by atoms with van der Waals surface area (Å²) in [5.74, 6) is -0.186. The van der Waals surface area contributed by atoms with Crippen molar-refractivity contribution in [2.45, 2.75) is 28.9 Å². The Balaban J connectivity index is 1.44. The molecule has 1 saturated heterocycles. The summed E-state index contributed by atoms with van der Waals surface area (Å²) in [4.78, 5) is 6.57. The minimum atomic E-state index is -0.957. The molecule has 22 heavy (non-hydrogen) atoms. The molecule has 0 radical (unpaired) electrons. The lowest BCUT2D eigenvalue weighted by Gasteiger charge is -2.31. The number of aromatic nitrogens is 1. The maximum Gasteiger partial charge on any atom is 0.301 e. The van der Waals surface area contributed by atoms with E-state index in [-0.39, 0.29) is 11.1 Å². The molecule has 3 rings (SSSR count). The average molecular weight is 338 g/mol. The lowest BCUT2D eigenvalue weighted by molar-refractivity contribution is 0.232. The van der Waals surface area contributed by atoms with Crippen molar-refractivity contribution < 1.29 is 8.94 Å². The summed E-state index contributed by atoms with van der Waals surface area (Å²) in [7, 11) is 0.